The van der Waals surface area contributed by atoms with Crippen LogP contribution in [0.4, 0.5) is 0 Å². The molecule has 2 N–H and O–H groups in total. The first-order chi connectivity index (χ1) is 8.63. The molecule has 1 aromatic heterocycles. The van der Waals surface area contributed by atoms with Gasteiger partial charge in [-0.2, -0.15) is 23.5 Å². The standard InChI is InChI=1S/C10H15NO3S4/c12-6-9-10(1-2-17-9)18(13,14)11-5-8-7-15-3-4-16-8/h1-2,8,11-12H,3-7H2. The van der Waals surface area contributed by atoms with Crippen molar-refractivity contribution in [2.24, 2.45) is 0 Å². The lowest BCUT2D eigenvalue weighted by atomic mass is 10.5. The van der Waals surface area contributed by atoms with Crippen LogP contribution in [-0.4, -0.2) is 42.6 Å². The Morgan fingerprint density at radius 2 is 2.28 bits per heavy atom. The SMILES string of the molecule is O=S(=O)(NCC1CSCCS1)c1ccsc1CO. The lowest BCUT2D eigenvalue weighted by molar-refractivity contribution is 0.282. The van der Waals surface area contributed by atoms with Crippen molar-refractivity contribution in [1.82, 2.24) is 4.72 Å². The Labute approximate surface area is 120 Å². The monoisotopic (exact) mass is 325 g/mol. The highest BCUT2D eigenvalue weighted by Gasteiger charge is 2.22. The third-order valence-corrected chi connectivity index (χ3v) is 7.91. The van der Waals surface area contributed by atoms with Crippen molar-refractivity contribution in [3.8, 4) is 0 Å². The Bertz CT molecular complexity index is 479. The molecule has 1 fully saturated rings. The zero-order valence-electron chi connectivity index (χ0n) is 9.66. The highest BCUT2D eigenvalue weighted by atomic mass is 32.2. The summed E-state index contributed by atoms with van der Waals surface area (Å²) in [5.74, 6) is 3.22. The first-order valence-corrected chi connectivity index (χ1v) is 10.1. The number of rotatable bonds is 5. The minimum atomic E-state index is -3.48. The van der Waals surface area contributed by atoms with E-state index in [-0.39, 0.29) is 11.5 Å². The largest absolute Gasteiger partial charge is 0.391 e. The quantitative estimate of drug-likeness (QED) is 0.856. The molecular formula is C10H15NO3S4. The summed E-state index contributed by atoms with van der Waals surface area (Å²) < 4.78 is 26.8. The van der Waals surface area contributed by atoms with Crippen LogP contribution in [0.3, 0.4) is 0 Å². The van der Waals surface area contributed by atoms with Crippen molar-refractivity contribution >= 4 is 44.9 Å². The maximum Gasteiger partial charge on any atom is 0.241 e. The Morgan fingerprint density at radius 1 is 1.44 bits per heavy atom. The van der Waals surface area contributed by atoms with E-state index >= 15 is 0 Å². The van der Waals surface area contributed by atoms with Gasteiger partial charge < -0.3 is 5.11 Å². The molecule has 0 spiro atoms. The molecule has 1 unspecified atom stereocenters. The third-order valence-electron chi connectivity index (χ3n) is 2.52. The van der Waals surface area contributed by atoms with Crippen LogP contribution in [0.25, 0.3) is 0 Å². The highest BCUT2D eigenvalue weighted by Crippen LogP contribution is 2.25. The summed E-state index contributed by atoms with van der Waals surface area (Å²) in [6, 6.07) is 1.54. The molecule has 102 valence electrons. The van der Waals surface area contributed by atoms with Crippen LogP contribution in [-0.2, 0) is 16.6 Å². The van der Waals surface area contributed by atoms with Gasteiger partial charge in [-0.1, -0.05) is 0 Å². The van der Waals surface area contributed by atoms with Crippen molar-refractivity contribution in [1.29, 1.82) is 0 Å². The third kappa shape index (κ3) is 3.64. The molecule has 0 aliphatic carbocycles. The molecule has 0 radical (unpaired) electrons. The van der Waals surface area contributed by atoms with Crippen LogP contribution in [0.15, 0.2) is 16.3 Å². The summed E-state index contributed by atoms with van der Waals surface area (Å²) in [6.07, 6.45) is 0. The topological polar surface area (TPSA) is 66.4 Å². The summed E-state index contributed by atoms with van der Waals surface area (Å²) >= 11 is 4.94. The maximum absolute atomic E-state index is 12.1. The van der Waals surface area contributed by atoms with E-state index in [1.165, 1.54) is 11.3 Å². The molecule has 0 amide bonds. The Morgan fingerprint density at radius 3 is 2.94 bits per heavy atom. The van der Waals surface area contributed by atoms with Crippen LogP contribution in [0.1, 0.15) is 4.88 Å². The van der Waals surface area contributed by atoms with Crippen LogP contribution in [0.5, 0.6) is 0 Å². The molecule has 1 aliphatic rings. The number of hydrogen-bond donors (Lipinski definition) is 2. The maximum atomic E-state index is 12.1. The fourth-order valence-electron chi connectivity index (χ4n) is 1.62. The van der Waals surface area contributed by atoms with Crippen LogP contribution in [0, 0.1) is 0 Å². The summed E-state index contributed by atoms with van der Waals surface area (Å²) in [4.78, 5) is 0.705. The van der Waals surface area contributed by atoms with E-state index in [1.54, 1.807) is 11.4 Å². The predicted molar refractivity (Wildman–Crippen MR) is 79.0 cm³/mol. The van der Waals surface area contributed by atoms with Gasteiger partial charge in [0.1, 0.15) is 0 Å². The molecule has 8 heteroatoms. The van der Waals surface area contributed by atoms with E-state index in [1.807, 2.05) is 23.5 Å². The smallest absolute Gasteiger partial charge is 0.241 e. The molecule has 1 aromatic rings. The van der Waals surface area contributed by atoms with Gasteiger partial charge in [0.2, 0.25) is 10.0 Å². The van der Waals surface area contributed by atoms with E-state index in [4.69, 9.17) is 5.11 Å². The van der Waals surface area contributed by atoms with Crippen molar-refractivity contribution in [2.45, 2.75) is 16.8 Å². The van der Waals surface area contributed by atoms with E-state index in [0.717, 1.165) is 17.3 Å². The number of thiophene rings is 1. The first-order valence-electron chi connectivity index (χ1n) is 5.49. The first kappa shape index (κ1) is 14.7. The molecule has 1 aliphatic heterocycles. The highest BCUT2D eigenvalue weighted by molar-refractivity contribution is 8.06. The van der Waals surface area contributed by atoms with Crippen molar-refractivity contribution < 1.29 is 13.5 Å². The van der Waals surface area contributed by atoms with Crippen LogP contribution >= 0.6 is 34.9 Å². The second-order valence-corrected chi connectivity index (χ2v) is 9.08. The van der Waals surface area contributed by atoms with Gasteiger partial charge in [0.05, 0.1) is 11.5 Å². The molecule has 1 atom stereocenters. The number of nitrogens with one attached hydrogen (secondary N) is 1. The Balaban J connectivity index is 1.99. The van der Waals surface area contributed by atoms with Crippen LogP contribution in [0.2, 0.25) is 0 Å². The molecule has 0 bridgehead atoms. The van der Waals surface area contributed by atoms with Gasteiger partial charge in [-0.15, -0.1) is 11.3 Å². The average molecular weight is 326 g/mol. The van der Waals surface area contributed by atoms with Crippen LogP contribution < -0.4 is 4.72 Å². The molecule has 0 aromatic carbocycles. The number of thioether (sulfide) groups is 2. The molecule has 1 saturated heterocycles. The van der Waals surface area contributed by atoms with Crippen molar-refractivity contribution in [3.05, 3.63) is 16.3 Å². The second kappa shape index (κ2) is 6.62. The average Bonchev–Trinajstić information content (AvgIpc) is 2.87. The summed E-state index contributed by atoms with van der Waals surface area (Å²) in [5, 5.41) is 11.1. The summed E-state index contributed by atoms with van der Waals surface area (Å²) in [5.41, 5.74) is 0. The van der Waals surface area contributed by atoms with E-state index in [0.29, 0.717) is 16.7 Å². The molecule has 4 nitrogen and oxygen atoms in total. The zero-order valence-corrected chi connectivity index (χ0v) is 12.9. The summed E-state index contributed by atoms with van der Waals surface area (Å²) in [6.45, 7) is 0.225. The molecule has 2 rings (SSSR count). The molecule has 2 heterocycles. The Kier molecular flexibility index (Phi) is 5.40. The molecule has 18 heavy (non-hydrogen) atoms. The lowest BCUT2D eigenvalue weighted by Crippen LogP contribution is -2.33. The van der Waals surface area contributed by atoms with Gasteiger partial charge >= 0.3 is 0 Å². The zero-order chi connectivity index (χ0) is 13.0. The van der Waals surface area contributed by atoms with Crippen molar-refractivity contribution in [2.75, 3.05) is 23.8 Å². The fourth-order valence-corrected chi connectivity index (χ4v) is 6.71. The van der Waals surface area contributed by atoms with E-state index in [2.05, 4.69) is 4.72 Å². The minimum absolute atomic E-state index is 0.212. The van der Waals surface area contributed by atoms with E-state index < -0.39 is 10.0 Å². The normalized spacial score (nSPS) is 21.1. The number of hydrogen-bond acceptors (Lipinski definition) is 6. The van der Waals surface area contributed by atoms with Crippen molar-refractivity contribution in [3.63, 3.8) is 0 Å². The Hall–Kier alpha value is 0.270. The van der Waals surface area contributed by atoms with Gasteiger partial charge in [0.25, 0.3) is 0 Å². The minimum Gasteiger partial charge on any atom is -0.391 e. The lowest BCUT2D eigenvalue weighted by Gasteiger charge is -2.21. The molecule has 0 saturated carbocycles. The van der Waals surface area contributed by atoms with Gasteiger partial charge in [0.15, 0.2) is 0 Å². The number of aliphatic hydroxyl groups excluding tert-OH is 1. The second-order valence-electron chi connectivity index (χ2n) is 3.79. The van der Waals surface area contributed by atoms with Gasteiger partial charge in [-0.3, -0.25) is 0 Å². The number of sulfonamides is 1. The molecular weight excluding hydrogens is 310 g/mol. The fraction of sp³-hybridized carbons (Fsp3) is 0.600. The summed E-state index contributed by atoms with van der Waals surface area (Å²) in [7, 11) is -3.48. The van der Waals surface area contributed by atoms with Gasteiger partial charge in [-0.25, -0.2) is 13.1 Å². The predicted octanol–water partition coefficient (Wildman–Crippen LogP) is 1.37. The van der Waals surface area contributed by atoms with E-state index in [9.17, 15) is 8.42 Å². The van der Waals surface area contributed by atoms with Gasteiger partial charge in [0, 0.05) is 33.9 Å². The van der Waals surface area contributed by atoms with Gasteiger partial charge in [-0.05, 0) is 11.4 Å². The number of aliphatic hydroxyl groups is 1.